The van der Waals surface area contributed by atoms with E-state index in [9.17, 15) is 13.2 Å². The summed E-state index contributed by atoms with van der Waals surface area (Å²) in [5, 5.41) is 12.1. The third-order valence-electron chi connectivity index (χ3n) is 1.76. The molecule has 8 heteroatoms. The van der Waals surface area contributed by atoms with Gasteiger partial charge < -0.3 is 15.1 Å². The molecule has 0 fully saturated rings. The van der Waals surface area contributed by atoms with Gasteiger partial charge in [-0.15, -0.1) is 5.10 Å². The highest BCUT2D eigenvalue weighted by Gasteiger charge is 2.27. The van der Waals surface area contributed by atoms with Gasteiger partial charge in [0.1, 0.15) is 6.54 Å². The van der Waals surface area contributed by atoms with Crippen LogP contribution in [-0.4, -0.2) is 29.5 Å². The van der Waals surface area contributed by atoms with E-state index in [0.717, 1.165) is 0 Å². The molecule has 0 saturated carbocycles. The van der Waals surface area contributed by atoms with Gasteiger partial charge in [-0.05, 0) is 13.5 Å². The van der Waals surface area contributed by atoms with Crippen LogP contribution in [0.5, 0.6) is 0 Å². The second-order valence-electron chi connectivity index (χ2n) is 3.19. The van der Waals surface area contributed by atoms with Crippen molar-refractivity contribution in [2.24, 2.45) is 0 Å². The SMILES string of the molecule is CCNC(C)c1nnc(NCC(F)(F)F)o1. The summed E-state index contributed by atoms with van der Waals surface area (Å²) in [4.78, 5) is 0. The third-order valence-corrected chi connectivity index (χ3v) is 1.76. The Labute approximate surface area is 90.4 Å². The molecule has 1 unspecified atom stereocenters. The van der Waals surface area contributed by atoms with E-state index in [1.165, 1.54) is 0 Å². The Morgan fingerprint density at radius 1 is 1.38 bits per heavy atom. The summed E-state index contributed by atoms with van der Waals surface area (Å²) in [6, 6.07) is -0.406. The lowest BCUT2D eigenvalue weighted by molar-refractivity contribution is -0.115. The van der Waals surface area contributed by atoms with E-state index in [4.69, 9.17) is 4.42 Å². The topological polar surface area (TPSA) is 63.0 Å². The summed E-state index contributed by atoms with van der Waals surface area (Å²) in [6.07, 6.45) is -4.30. The number of rotatable bonds is 5. The van der Waals surface area contributed by atoms with Crippen molar-refractivity contribution < 1.29 is 17.6 Å². The lowest BCUT2D eigenvalue weighted by Gasteiger charge is -2.06. The zero-order chi connectivity index (χ0) is 12.2. The molecule has 2 N–H and O–H groups in total. The Kier molecular flexibility index (Phi) is 4.11. The van der Waals surface area contributed by atoms with Crippen LogP contribution in [0.2, 0.25) is 0 Å². The van der Waals surface area contributed by atoms with Crippen molar-refractivity contribution in [3.05, 3.63) is 5.89 Å². The number of nitrogens with one attached hydrogen (secondary N) is 2. The van der Waals surface area contributed by atoms with Crippen LogP contribution >= 0.6 is 0 Å². The van der Waals surface area contributed by atoms with E-state index in [1.807, 2.05) is 12.2 Å². The molecule has 0 aliphatic carbocycles. The number of anilines is 1. The normalized spacial score (nSPS) is 13.8. The quantitative estimate of drug-likeness (QED) is 0.817. The van der Waals surface area contributed by atoms with Crippen LogP contribution in [0.3, 0.4) is 0 Å². The molecule has 0 aliphatic heterocycles. The van der Waals surface area contributed by atoms with Gasteiger partial charge in [0.05, 0.1) is 6.04 Å². The summed E-state index contributed by atoms with van der Waals surface area (Å²) < 4.78 is 40.6. The third kappa shape index (κ3) is 4.05. The minimum Gasteiger partial charge on any atom is -0.406 e. The maximum absolute atomic E-state index is 11.9. The summed E-state index contributed by atoms with van der Waals surface area (Å²) in [7, 11) is 0. The van der Waals surface area contributed by atoms with Crippen molar-refractivity contribution >= 4 is 6.01 Å². The summed E-state index contributed by atoms with van der Waals surface area (Å²) >= 11 is 0. The Balaban J connectivity index is 2.51. The van der Waals surface area contributed by atoms with Crippen LogP contribution in [-0.2, 0) is 0 Å². The minimum atomic E-state index is -4.30. The Hall–Kier alpha value is -1.31. The molecule has 0 aliphatic rings. The Bertz CT molecular complexity index is 325. The predicted molar refractivity (Wildman–Crippen MR) is 50.9 cm³/mol. The van der Waals surface area contributed by atoms with Crippen LogP contribution in [0.15, 0.2) is 4.42 Å². The maximum atomic E-state index is 11.9. The van der Waals surface area contributed by atoms with Crippen LogP contribution in [0.4, 0.5) is 19.2 Å². The first-order valence-electron chi connectivity index (χ1n) is 4.79. The molecule has 1 heterocycles. The van der Waals surface area contributed by atoms with Gasteiger partial charge in [-0.3, -0.25) is 0 Å². The second kappa shape index (κ2) is 5.15. The highest BCUT2D eigenvalue weighted by atomic mass is 19.4. The number of aromatic nitrogens is 2. The van der Waals surface area contributed by atoms with Crippen molar-refractivity contribution in [3.63, 3.8) is 0 Å². The molecular weight excluding hydrogens is 225 g/mol. The van der Waals surface area contributed by atoms with Crippen molar-refractivity contribution in [3.8, 4) is 0 Å². The van der Waals surface area contributed by atoms with Gasteiger partial charge in [0.25, 0.3) is 0 Å². The van der Waals surface area contributed by atoms with Gasteiger partial charge in [0, 0.05) is 0 Å². The van der Waals surface area contributed by atoms with E-state index in [0.29, 0.717) is 6.54 Å². The lowest BCUT2D eigenvalue weighted by atomic mass is 10.3. The van der Waals surface area contributed by atoms with Gasteiger partial charge in [-0.2, -0.15) is 13.2 Å². The van der Waals surface area contributed by atoms with E-state index < -0.39 is 12.7 Å². The Morgan fingerprint density at radius 2 is 2.06 bits per heavy atom. The molecule has 0 radical (unpaired) electrons. The molecule has 0 aromatic carbocycles. The molecule has 0 bridgehead atoms. The van der Waals surface area contributed by atoms with E-state index in [-0.39, 0.29) is 17.9 Å². The molecule has 0 spiro atoms. The number of alkyl halides is 3. The molecule has 1 aromatic heterocycles. The highest BCUT2D eigenvalue weighted by molar-refractivity contribution is 5.17. The fraction of sp³-hybridized carbons (Fsp3) is 0.750. The standard InChI is InChI=1S/C8H13F3N4O/c1-3-12-5(2)6-14-15-7(16-6)13-4-8(9,10)11/h5,12H,3-4H2,1-2H3,(H,13,15). The smallest absolute Gasteiger partial charge is 0.405 e. The van der Waals surface area contributed by atoms with Crippen molar-refractivity contribution in [2.45, 2.75) is 26.1 Å². The summed E-state index contributed by atoms with van der Waals surface area (Å²) in [5.74, 6) is 0.256. The van der Waals surface area contributed by atoms with E-state index in [2.05, 4.69) is 15.5 Å². The van der Waals surface area contributed by atoms with Crippen molar-refractivity contribution in [1.82, 2.24) is 15.5 Å². The maximum Gasteiger partial charge on any atom is 0.405 e. The van der Waals surface area contributed by atoms with Crippen LogP contribution in [0, 0.1) is 0 Å². The molecule has 92 valence electrons. The molecule has 1 aromatic rings. The number of hydrogen-bond donors (Lipinski definition) is 2. The first-order valence-corrected chi connectivity index (χ1v) is 4.79. The fourth-order valence-electron chi connectivity index (χ4n) is 1.05. The van der Waals surface area contributed by atoms with Gasteiger partial charge in [-0.1, -0.05) is 12.0 Å². The molecule has 5 nitrogen and oxygen atoms in total. The van der Waals surface area contributed by atoms with Crippen LogP contribution in [0.25, 0.3) is 0 Å². The van der Waals surface area contributed by atoms with E-state index >= 15 is 0 Å². The van der Waals surface area contributed by atoms with E-state index in [1.54, 1.807) is 6.92 Å². The first-order chi connectivity index (χ1) is 7.42. The van der Waals surface area contributed by atoms with Crippen LogP contribution in [0.1, 0.15) is 25.8 Å². The first kappa shape index (κ1) is 12.8. The Morgan fingerprint density at radius 3 is 2.62 bits per heavy atom. The lowest BCUT2D eigenvalue weighted by Crippen LogP contribution is -2.21. The van der Waals surface area contributed by atoms with Gasteiger partial charge >= 0.3 is 12.2 Å². The summed E-state index contributed by atoms with van der Waals surface area (Å²) in [5.41, 5.74) is 0. The van der Waals surface area contributed by atoms with Gasteiger partial charge in [0.2, 0.25) is 5.89 Å². The molecular formula is C8H13F3N4O. The number of nitrogens with zero attached hydrogens (tertiary/aromatic N) is 2. The van der Waals surface area contributed by atoms with Crippen molar-refractivity contribution in [2.75, 3.05) is 18.4 Å². The fourth-order valence-corrected chi connectivity index (χ4v) is 1.05. The zero-order valence-electron chi connectivity index (χ0n) is 8.93. The molecule has 0 saturated heterocycles. The molecule has 1 atom stereocenters. The predicted octanol–water partition coefficient (Wildman–Crippen LogP) is 1.71. The molecule has 0 amide bonds. The van der Waals surface area contributed by atoms with Crippen LogP contribution < -0.4 is 10.6 Å². The van der Waals surface area contributed by atoms with Gasteiger partial charge in [0.15, 0.2) is 0 Å². The minimum absolute atomic E-state index is 0.182. The monoisotopic (exact) mass is 238 g/mol. The zero-order valence-corrected chi connectivity index (χ0v) is 8.93. The average molecular weight is 238 g/mol. The molecule has 1 rings (SSSR count). The largest absolute Gasteiger partial charge is 0.406 e. The summed E-state index contributed by atoms with van der Waals surface area (Å²) in [6.45, 7) is 3.19. The van der Waals surface area contributed by atoms with Crippen molar-refractivity contribution in [1.29, 1.82) is 0 Å². The second-order valence-corrected chi connectivity index (χ2v) is 3.19. The van der Waals surface area contributed by atoms with Gasteiger partial charge in [-0.25, -0.2) is 0 Å². The number of hydrogen-bond acceptors (Lipinski definition) is 5. The average Bonchev–Trinajstić information content (AvgIpc) is 2.62. The number of halogens is 3. The highest BCUT2D eigenvalue weighted by Crippen LogP contribution is 2.17. The molecule has 16 heavy (non-hydrogen) atoms.